The molecule has 2 heterocycles. The van der Waals surface area contributed by atoms with Crippen LogP contribution in [0, 0.1) is 0 Å². The van der Waals surface area contributed by atoms with E-state index in [9.17, 15) is 0 Å². The Bertz CT molecular complexity index is 840. The van der Waals surface area contributed by atoms with E-state index in [-0.39, 0.29) is 6.17 Å². The molecule has 112 valence electrons. The molecular weight excluding hydrogens is 340 g/mol. The smallest absolute Gasteiger partial charge is 0.0937 e. The van der Waals surface area contributed by atoms with E-state index in [1.807, 2.05) is 7.05 Å². The first kappa shape index (κ1) is 13.8. The summed E-state index contributed by atoms with van der Waals surface area (Å²) in [5.41, 5.74) is 12.4. The third-order valence-corrected chi connectivity index (χ3v) is 4.61. The minimum atomic E-state index is 0.130. The fraction of sp³-hybridized carbons (Fsp3) is 0.176. The van der Waals surface area contributed by atoms with E-state index < -0.39 is 0 Å². The van der Waals surface area contributed by atoms with E-state index in [4.69, 9.17) is 0 Å². The van der Waals surface area contributed by atoms with E-state index >= 15 is 0 Å². The van der Waals surface area contributed by atoms with Crippen LogP contribution in [0.15, 0.2) is 46.9 Å². The Morgan fingerprint density at radius 1 is 1.18 bits per heavy atom. The second-order valence-corrected chi connectivity index (χ2v) is 6.43. The summed E-state index contributed by atoms with van der Waals surface area (Å²) in [6.45, 7) is 0. The van der Waals surface area contributed by atoms with Crippen molar-refractivity contribution in [2.45, 2.75) is 12.6 Å². The highest BCUT2D eigenvalue weighted by Gasteiger charge is 2.23. The van der Waals surface area contributed by atoms with Gasteiger partial charge in [0, 0.05) is 33.0 Å². The Hall–Kier alpha value is -1.82. The number of anilines is 1. The number of hydrogen-bond donors (Lipinski definition) is 4. The SMILES string of the molecule is CNNC1Cc2c([nH]c3ccc(Br)cc23)-c2ccccc2N1. The Balaban J connectivity index is 1.98. The van der Waals surface area contributed by atoms with Crippen molar-refractivity contribution >= 4 is 32.5 Å². The van der Waals surface area contributed by atoms with Crippen molar-refractivity contribution in [2.75, 3.05) is 12.4 Å². The molecule has 4 N–H and O–H groups in total. The molecule has 0 radical (unpaired) electrons. The molecule has 22 heavy (non-hydrogen) atoms. The fourth-order valence-corrected chi connectivity index (χ4v) is 3.55. The first-order chi connectivity index (χ1) is 10.8. The van der Waals surface area contributed by atoms with Gasteiger partial charge in [-0.05, 0) is 36.9 Å². The zero-order valence-corrected chi connectivity index (χ0v) is 13.8. The van der Waals surface area contributed by atoms with Gasteiger partial charge >= 0.3 is 0 Å². The van der Waals surface area contributed by atoms with Gasteiger partial charge in [-0.1, -0.05) is 34.1 Å². The predicted octanol–water partition coefficient (Wildman–Crippen LogP) is 3.62. The number of hydrogen-bond acceptors (Lipinski definition) is 3. The monoisotopic (exact) mass is 356 g/mol. The summed E-state index contributed by atoms with van der Waals surface area (Å²) in [6.07, 6.45) is 1.02. The van der Waals surface area contributed by atoms with Gasteiger partial charge in [-0.2, -0.15) is 0 Å². The lowest BCUT2D eigenvalue weighted by Crippen LogP contribution is -2.44. The molecule has 5 heteroatoms. The van der Waals surface area contributed by atoms with Crippen LogP contribution in [0.25, 0.3) is 22.2 Å². The third kappa shape index (κ3) is 2.22. The molecule has 0 bridgehead atoms. The molecule has 1 atom stereocenters. The number of H-pyrrole nitrogens is 1. The van der Waals surface area contributed by atoms with Crippen molar-refractivity contribution in [1.29, 1.82) is 0 Å². The second kappa shape index (κ2) is 5.43. The Morgan fingerprint density at radius 3 is 2.91 bits per heavy atom. The number of fused-ring (bicyclic) bond motifs is 5. The van der Waals surface area contributed by atoms with Gasteiger partial charge in [0.25, 0.3) is 0 Å². The summed E-state index contributed by atoms with van der Waals surface area (Å²) in [6, 6.07) is 14.8. The second-order valence-electron chi connectivity index (χ2n) is 5.51. The lowest BCUT2D eigenvalue weighted by atomic mass is 10.0. The molecule has 0 aliphatic carbocycles. The average Bonchev–Trinajstić information content (AvgIpc) is 2.78. The number of para-hydroxylation sites is 1. The van der Waals surface area contributed by atoms with Gasteiger partial charge in [-0.3, -0.25) is 5.43 Å². The van der Waals surface area contributed by atoms with Gasteiger partial charge in [0.2, 0.25) is 0 Å². The molecule has 0 fully saturated rings. The highest BCUT2D eigenvalue weighted by atomic mass is 79.9. The Labute approximate surface area is 137 Å². The topological polar surface area (TPSA) is 51.9 Å². The molecule has 0 amide bonds. The number of aromatic amines is 1. The maximum absolute atomic E-state index is 3.59. The van der Waals surface area contributed by atoms with Crippen LogP contribution in [0.3, 0.4) is 0 Å². The van der Waals surface area contributed by atoms with Crippen LogP contribution in [0.4, 0.5) is 5.69 Å². The number of halogens is 1. The van der Waals surface area contributed by atoms with Crippen LogP contribution in [0.2, 0.25) is 0 Å². The predicted molar refractivity (Wildman–Crippen MR) is 94.7 cm³/mol. The molecule has 0 spiro atoms. The summed E-state index contributed by atoms with van der Waals surface area (Å²) >= 11 is 3.58. The lowest BCUT2D eigenvalue weighted by Gasteiger charge is -2.19. The van der Waals surface area contributed by atoms with Crippen molar-refractivity contribution in [3.63, 3.8) is 0 Å². The molecule has 1 aliphatic rings. The standard InChI is InChI=1S/C17H17BrN4/c1-19-22-16-9-13-12-8-10(18)6-7-15(12)21-17(13)11-4-2-3-5-14(11)20-16/h2-8,16,19-22H,9H2,1H3. The fourth-order valence-electron chi connectivity index (χ4n) is 3.19. The Kier molecular flexibility index (Phi) is 3.41. The number of hydrazine groups is 1. The summed E-state index contributed by atoms with van der Waals surface area (Å²) in [5, 5.41) is 4.84. The summed E-state index contributed by atoms with van der Waals surface area (Å²) in [7, 11) is 1.89. The van der Waals surface area contributed by atoms with Crippen LogP contribution in [-0.2, 0) is 6.42 Å². The largest absolute Gasteiger partial charge is 0.368 e. The van der Waals surface area contributed by atoms with E-state index in [2.05, 4.69) is 79.5 Å². The van der Waals surface area contributed by atoms with Gasteiger partial charge in [0.15, 0.2) is 0 Å². The average molecular weight is 357 g/mol. The molecular formula is C17H17BrN4. The van der Waals surface area contributed by atoms with Gasteiger partial charge in [0.05, 0.1) is 11.9 Å². The van der Waals surface area contributed by atoms with Crippen LogP contribution in [-0.4, -0.2) is 18.2 Å². The minimum Gasteiger partial charge on any atom is -0.368 e. The zero-order chi connectivity index (χ0) is 15.1. The normalized spacial score (nSPS) is 16.7. The quantitative estimate of drug-likeness (QED) is 0.530. The Morgan fingerprint density at radius 2 is 2.05 bits per heavy atom. The van der Waals surface area contributed by atoms with Gasteiger partial charge < -0.3 is 10.3 Å². The first-order valence-electron chi connectivity index (χ1n) is 7.34. The number of nitrogens with one attached hydrogen (secondary N) is 4. The molecule has 3 aromatic rings. The van der Waals surface area contributed by atoms with E-state index in [0.717, 1.165) is 16.6 Å². The highest BCUT2D eigenvalue weighted by molar-refractivity contribution is 9.10. The molecule has 1 aliphatic heterocycles. The van der Waals surface area contributed by atoms with Gasteiger partial charge in [0.1, 0.15) is 0 Å². The summed E-state index contributed by atoms with van der Waals surface area (Å²) in [5.74, 6) is 0. The summed E-state index contributed by atoms with van der Waals surface area (Å²) in [4.78, 5) is 3.59. The van der Waals surface area contributed by atoms with Crippen LogP contribution < -0.4 is 16.2 Å². The van der Waals surface area contributed by atoms with Gasteiger partial charge in [-0.15, -0.1) is 0 Å². The van der Waals surface area contributed by atoms with E-state index in [0.29, 0.717) is 0 Å². The van der Waals surface area contributed by atoms with Crippen molar-refractivity contribution in [3.05, 3.63) is 52.5 Å². The molecule has 1 aromatic heterocycles. The van der Waals surface area contributed by atoms with Crippen LogP contribution in [0.5, 0.6) is 0 Å². The number of benzene rings is 2. The molecule has 4 rings (SSSR count). The minimum absolute atomic E-state index is 0.130. The lowest BCUT2D eigenvalue weighted by molar-refractivity contribution is 0.498. The third-order valence-electron chi connectivity index (χ3n) is 4.12. The van der Waals surface area contributed by atoms with Crippen LogP contribution >= 0.6 is 15.9 Å². The summed E-state index contributed by atoms with van der Waals surface area (Å²) < 4.78 is 1.10. The zero-order valence-electron chi connectivity index (χ0n) is 12.2. The molecule has 1 unspecified atom stereocenters. The highest BCUT2D eigenvalue weighted by Crippen LogP contribution is 2.38. The van der Waals surface area contributed by atoms with Crippen molar-refractivity contribution in [2.24, 2.45) is 0 Å². The van der Waals surface area contributed by atoms with E-state index in [1.54, 1.807) is 0 Å². The maximum atomic E-state index is 3.59. The molecule has 0 saturated heterocycles. The maximum Gasteiger partial charge on any atom is 0.0937 e. The van der Waals surface area contributed by atoms with E-state index in [1.165, 1.54) is 27.7 Å². The molecule has 0 saturated carbocycles. The van der Waals surface area contributed by atoms with Crippen LogP contribution in [0.1, 0.15) is 5.56 Å². The van der Waals surface area contributed by atoms with Crippen molar-refractivity contribution in [3.8, 4) is 11.3 Å². The molecule has 4 nitrogen and oxygen atoms in total. The number of rotatable bonds is 2. The molecule has 2 aromatic carbocycles. The van der Waals surface area contributed by atoms with Gasteiger partial charge in [-0.25, -0.2) is 5.43 Å². The van der Waals surface area contributed by atoms with Crippen molar-refractivity contribution in [1.82, 2.24) is 15.8 Å². The first-order valence-corrected chi connectivity index (χ1v) is 8.14. The van der Waals surface area contributed by atoms with Crippen molar-refractivity contribution < 1.29 is 0 Å². The number of aromatic nitrogens is 1.